The Kier molecular flexibility index (Phi) is 8.87. The number of rotatable bonds is 8. The van der Waals surface area contributed by atoms with Crippen LogP contribution in [-0.2, 0) is 0 Å². The molecule has 0 N–H and O–H groups in total. The van der Waals surface area contributed by atoms with E-state index in [1.54, 1.807) is 0 Å². The number of furan rings is 1. The minimum absolute atomic E-state index is 0.867. The van der Waals surface area contributed by atoms with E-state index in [1.807, 2.05) is 6.07 Å². The molecule has 0 saturated heterocycles. The van der Waals surface area contributed by atoms with Crippen LogP contribution in [0.1, 0.15) is 0 Å². The van der Waals surface area contributed by atoms with Gasteiger partial charge in [0.2, 0.25) is 0 Å². The van der Waals surface area contributed by atoms with E-state index in [0.717, 1.165) is 61.3 Å². The SMILES string of the molecule is c1ccc(-c2ccccc2-c2ccc(N(c3ccc(-c4cccc(-c5cccc6ccccc56)c4)cc3)c3ccc(-c4ccccc4)c4oc5ccccc5c34)cc2)cc1. The molecule has 0 atom stereocenters. The van der Waals surface area contributed by atoms with E-state index in [1.165, 1.54) is 44.2 Å². The van der Waals surface area contributed by atoms with Crippen LogP contribution in [0.2, 0.25) is 0 Å². The smallest absolute Gasteiger partial charge is 0.145 e. The molecular weight excluding hydrogens is 727 g/mol. The van der Waals surface area contributed by atoms with Crippen molar-refractivity contribution in [1.29, 1.82) is 0 Å². The molecule has 1 heterocycles. The standard InChI is InChI=1S/C58H39NO/c1-3-15-41(16-4-1)49-24-9-10-25-51(49)44-31-35-48(36-32-44)59(55-38-37-53(43-17-5-2-6-18-43)58-57(55)54-26-11-12-28-56(54)60-58)47-33-29-40(30-34-47)45-21-13-22-46(39-45)52-27-14-20-42-19-7-8-23-50(42)52/h1-39H. The third-order valence-electron chi connectivity index (χ3n) is 11.7. The number of hydrogen-bond acceptors (Lipinski definition) is 2. The predicted octanol–water partition coefficient (Wildman–Crippen LogP) is 16.5. The van der Waals surface area contributed by atoms with Crippen LogP contribution in [0, 0.1) is 0 Å². The van der Waals surface area contributed by atoms with Gasteiger partial charge in [-0.05, 0) is 109 Å². The molecule has 0 saturated carbocycles. The van der Waals surface area contributed by atoms with Crippen molar-refractivity contribution in [2.45, 2.75) is 0 Å². The number of anilines is 3. The number of fused-ring (bicyclic) bond motifs is 4. The lowest BCUT2D eigenvalue weighted by atomic mass is 9.94. The van der Waals surface area contributed by atoms with Crippen LogP contribution in [0.4, 0.5) is 17.1 Å². The Labute approximate surface area is 349 Å². The molecule has 0 aliphatic heterocycles. The van der Waals surface area contributed by atoms with Gasteiger partial charge in [-0.1, -0.05) is 188 Å². The monoisotopic (exact) mass is 765 g/mol. The van der Waals surface area contributed by atoms with Gasteiger partial charge < -0.3 is 9.32 Å². The Morgan fingerprint density at radius 3 is 1.52 bits per heavy atom. The molecule has 0 spiro atoms. The lowest BCUT2D eigenvalue weighted by Gasteiger charge is -2.27. The normalized spacial score (nSPS) is 11.3. The quantitative estimate of drug-likeness (QED) is 0.153. The number of nitrogens with zero attached hydrogens (tertiary/aromatic N) is 1. The van der Waals surface area contributed by atoms with Gasteiger partial charge in [-0.25, -0.2) is 0 Å². The van der Waals surface area contributed by atoms with Gasteiger partial charge in [0.1, 0.15) is 11.2 Å². The molecule has 11 rings (SSSR count). The number of hydrogen-bond donors (Lipinski definition) is 0. The van der Waals surface area contributed by atoms with Crippen molar-refractivity contribution in [3.8, 4) is 55.6 Å². The van der Waals surface area contributed by atoms with E-state index >= 15 is 0 Å². The molecule has 1 aromatic heterocycles. The average Bonchev–Trinajstić information content (AvgIpc) is 3.73. The minimum Gasteiger partial charge on any atom is -0.455 e. The summed E-state index contributed by atoms with van der Waals surface area (Å²) in [6.45, 7) is 0. The summed E-state index contributed by atoms with van der Waals surface area (Å²) in [7, 11) is 0. The highest BCUT2D eigenvalue weighted by Crippen LogP contribution is 2.47. The Bertz CT molecular complexity index is 3290. The Morgan fingerprint density at radius 2 is 0.800 bits per heavy atom. The summed E-state index contributed by atoms with van der Waals surface area (Å²) in [4.78, 5) is 2.38. The maximum atomic E-state index is 6.76. The lowest BCUT2D eigenvalue weighted by Crippen LogP contribution is -2.10. The molecule has 0 amide bonds. The van der Waals surface area contributed by atoms with E-state index in [2.05, 4.69) is 235 Å². The zero-order chi connectivity index (χ0) is 39.8. The zero-order valence-corrected chi connectivity index (χ0v) is 32.9. The van der Waals surface area contributed by atoms with Gasteiger partial charge in [0.05, 0.1) is 11.1 Å². The van der Waals surface area contributed by atoms with Gasteiger partial charge in [0, 0.05) is 22.3 Å². The topological polar surface area (TPSA) is 16.4 Å². The van der Waals surface area contributed by atoms with Gasteiger partial charge >= 0.3 is 0 Å². The predicted molar refractivity (Wildman–Crippen MR) is 253 cm³/mol. The van der Waals surface area contributed by atoms with Gasteiger partial charge in [0.25, 0.3) is 0 Å². The molecule has 0 bridgehead atoms. The van der Waals surface area contributed by atoms with E-state index in [-0.39, 0.29) is 0 Å². The summed E-state index contributed by atoms with van der Waals surface area (Å²) in [6.07, 6.45) is 0. The maximum Gasteiger partial charge on any atom is 0.145 e. The molecule has 11 aromatic rings. The summed E-state index contributed by atoms with van der Waals surface area (Å²) in [5.74, 6) is 0. The first-order chi connectivity index (χ1) is 29.8. The van der Waals surface area contributed by atoms with Crippen molar-refractivity contribution >= 4 is 49.8 Å². The second kappa shape index (κ2) is 15.1. The summed E-state index contributed by atoms with van der Waals surface area (Å²) >= 11 is 0. The fourth-order valence-electron chi connectivity index (χ4n) is 8.81. The lowest BCUT2D eigenvalue weighted by molar-refractivity contribution is 0.670. The van der Waals surface area contributed by atoms with Crippen LogP contribution in [-0.4, -0.2) is 0 Å². The van der Waals surface area contributed by atoms with Crippen LogP contribution < -0.4 is 4.90 Å². The highest BCUT2D eigenvalue weighted by molar-refractivity contribution is 6.17. The number of benzene rings is 10. The Balaban J connectivity index is 1.05. The summed E-state index contributed by atoms with van der Waals surface area (Å²) in [5.41, 5.74) is 16.7. The fourth-order valence-corrected chi connectivity index (χ4v) is 8.81. The van der Waals surface area contributed by atoms with Crippen LogP contribution >= 0.6 is 0 Å². The Morgan fingerprint density at radius 1 is 0.300 bits per heavy atom. The van der Waals surface area contributed by atoms with Crippen LogP contribution in [0.5, 0.6) is 0 Å². The number of para-hydroxylation sites is 1. The molecule has 10 aromatic carbocycles. The molecule has 2 heteroatoms. The highest BCUT2D eigenvalue weighted by atomic mass is 16.3. The van der Waals surface area contributed by atoms with Crippen molar-refractivity contribution in [2.75, 3.05) is 4.90 Å². The first-order valence-corrected chi connectivity index (χ1v) is 20.5. The van der Waals surface area contributed by atoms with E-state index in [9.17, 15) is 0 Å². The van der Waals surface area contributed by atoms with E-state index < -0.39 is 0 Å². The largest absolute Gasteiger partial charge is 0.455 e. The first kappa shape index (κ1) is 35.2. The third kappa shape index (κ3) is 6.32. The molecule has 0 unspecified atom stereocenters. The van der Waals surface area contributed by atoms with Crippen molar-refractivity contribution in [3.05, 3.63) is 237 Å². The maximum absolute atomic E-state index is 6.76. The molecule has 0 aliphatic carbocycles. The molecular formula is C58H39NO. The fraction of sp³-hybridized carbons (Fsp3) is 0. The van der Waals surface area contributed by atoms with Crippen molar-refractivity contribution in [2.24, 2.45) is 0 Å². The molecule has 282 valence electrons. The van der Waals surface area contributed by atoms with Crippen molar-refractivity contribution in [3.63, 3.8) is 0 Å². The van der Waals surface area contributed by atoms with Crippen molar-refractivity contribution < 1.29 is 4.42 Å². The average molecular weight is 766 g/mol. The van der Waals surface area contributed by atoms with Gasteiger partial charge in [-0.15, -0.1) is 0 Å². The summed E-state index contributed by atoms with van der Waals surface area (Å²) in [5, 5.41) is 4.67. The van der Waals surface area contributed by atoms with Gasteiger partial charge in [-0.2, -0.15) is 0 Å². The van der Waals surface area contributed by atoms with Gasteiger partial charge in [0.15, 0.2) is 0 Å². The Hall–Kier alpha value is -7.94. The molecule has 0 fully saturated rings. The van der Waals surface area contributed by atoms with Crippen LogP contribution in [0.25, 0.3) is 88.3 Å². The van der Waals surface area contributed by atoms with E-state index in [4.69, 9.17) is 4.42 Å². The molecule has 0 aliphatic rings. The first-order valence-electron chi connectivity index (χ1n) is 20.5. The van der Waals surface area contributed by atoms with Crippen LogP contribution in [0.3, 0.4) is 0 Å². The highest BCUT2D eigenvalue weighted by Gasteiger charge is 2.22. The zero-order valence-electron chi connectivity index (χ0n) is 32.9. The second-order valence-electron chi connectivity index (χ2n) is 15.2. The molecule has 2 nitrogen and oxygen atoms in total. The minimum atomic E-state index is 0.867. The van der Waals surface area contributed by atoms with Gasteiger partial charge in [-0.3, -0.25) is 0 Å². The van der Waals surface area contributed by atoms with E-state index in [0.29, 0.717) is 0 Å². The van der Waals surface area contributed by atoms with Crippen molar-refractivity contribution in [1.82, 2.24) is 0 Å². The third-order valence-corrected chi connectivity index (χ3v) is 11.7. The summed E-state index contributed by atoms with van der Waals surface area (Å²) in [6, 6.07) is 84.7. The van der Waals surface area contributed by atoms with Crippen LogP contribution in [0.15, 0.2) is 241 Å². The second-order valence-corrected chi connectivity index (χ2v) is 15.2. The molecule has 0 radical (unpaired) electrons. The molecule has 60 heavy (non-hydrogen) atoms. The summed E-state index contributed by atoms with van der Waals surface area (Å²) < 4.78 is 6.76.